The number of allylic oxidation sites excluding steroid dienone is 4. The molecule has 0 saturated heterocycles. The Morgan fingerprint density at radius 3 is 1.67 bits per heavy atom. The Labute approximate surface area is 57.3 Å². The van der Waals surface area contributed by atoms with Gasteiger partial charge in [0, 0.05) is 5.41 Å². The Hall–Kier alpha value is -0.520. The van der Waals surface area contributed by atoms with Crippen molar-refractivity contribution in [1.82, 2.24) is 0 Å². The second-order valence-corrected chi connectivity index (χ2v) is 2.66. The Bertz CT molecular complexity index is 122. The third-order valence-corrected chi connectivity index (χ3v) is 2.28. The molecule has 1 aliphatic rings. The van der Waals surface area contributed by atoms with Crippen LogP contribution in [0.3, 0.4) is 0 Å². The molecule has 1 rings (SSSR count). The van der Waals surface area contributed by atoms with E-state index in [1.54, 1.807) is 0 Å². The van der Waals surface area contributed by atoms with Crippen LogP contribution in [0.15, 0.2) is 24.3 Å². The lowest BCUT2D eigenvalue weighted by atomic mass is 9.84. The third kappa shape index (κ3) is 1.07. The molecule has 0 aromatic carbocycles. The highest BCUT2D eigenvalue weighted by molar-refractivity contribution is 5.24. The van der Waals surface area contributed by atoms with Crippen molar-refractivity contribution in [1.29, 1.82) is 0 Å². The van der Waals surface area contributed by atoms with Gasteiger partial charge in [-0.15, -0.1) is 0 Å². The Morgan fingerprint density at radius 2 is 1.44 bits per heavy atom. The first-order chi connectivity index (χ1) is 4.33. The topological polar surface area (TPSA) is 0 Å². The summed E-state index contributed by atoms with van der Waals surface area (Å²) in [7, 11) is 0. The maximum atomic E-state index is 2.30. The summed E-state index contributed by atoms with van der Waals surface area (Å²) < 4.78 is 0. The summed E-state index contributed by atoms with van der Waals surface area (Å²) in [4.78, 5) is 0. The average Bonchev–Trinajstić information content (AvgIpc) is 2.36. The van der Waals surface area contributed by atoms with E-state index in [-0.39, 0.29) is 0 Å². The van der Waals surface area contributed by atoms with E-state index >= 15 is 0 Å². The van der Waals surface area contributed by atoms with Crippen molar-refractivity contribution in [2.24, 2.45) is 5.41 Å². The SMILES string of the molecule is CCC1(CC)C=CC=C1. The third-order valence-electron chi connectivity index (χ3n) is 2.28. The molecule has 0 unspecified atom stereocenters. The minimum atomic E-state index is 0.417. The lowest BCUT2D eigenvalue weighted by molar-refractivity contribution is 0.462. The predicted octanol–water partition coefficient (Wildman–Crippen LogP) is 2.92. The Morgan fingerprint density at radius 1 is 1.00 bits per heavy atom. The highest BCUT2D eigenvalue weighted by Crippen LogP contribution is 2.32. The Balaban J connectivity index is 2.69. The summed E-state index contributed by atoms with van der Waals surface area (Å²) in [5, 5.41) is 0. The fraction of sp³-hybridized carbons (Fsp3) is 0.556. The van der Waals surface area contributed by atoms with Crippen LogP contribution in [0.2, 0.25) is 0 Å². The van der Waals surface area contributed by atoms with Gasteiger partial charge in [-0.1, -0.05) is 38.2 Å². The molecule has 0 heteroatoms. The summed E-state index contributed by atoms with van der Waals surface area (Å²) in [6, 6.07) is 0. The van der Waals surface area contributed by atoms with Crippen LogP contribution in [0.1, 0.15) is 26.7 Å². The standard InChI is InChI=1S/C9H14/c1-3-9(4-2)7-5-6-8-9/h5-8H,3-4H2,1-2H3. The Kier molecular flexibility index (Phi) is 1.75. The number of rotatable bonds is 2. The quantitative estimate of drug-likeness (QED) is 0.528. The van der Waals surface area contributed by atoms with Gasteiger partial charge in [-0.3, -0.25) is 0 Å². The minimum Gasteiger partial charge on any atom is -0.0746 e. The second kappa shape index (κ2) is 2.38. The molecule has 0 nitrogen and oxygen atoms in total. The lowest BCUT2D eigenvalue weighted by Crippen LogP contribution is -2.08. The van der Waals surface area contributed by atoms with Gasteiger partial charge in [0.1, 0.15) is 0 Å². The molecule has 0 aliphatic heterocycles. The molecule has 0 aromatic heterocycles. The van der Waals surface area contributed by atoms with Crippen molar-refractivity contribution in [3.05, 3.63) is 24.3 Å². The van der Waals surface area contributed by atoms with E-state index in [4.69, 9.17) is 0 Å². The van der Waals surface area contributed by atoms with Gasteiger partial charge < -0.3 is 0 Å². The van der Waals surface area contributed by atoms with E-state index in [1.165, 1.54) is 12.8 Å². The van der Waals surface area contributed by atoms with E-state index in [9.17, 15) is 0 Å². The van der Waals surface area contributed by atoms with Crippen molar-refractivity contribution in [2.45, 2.75) is 26.7 Å². The molecule has 0 radical (unpaired) electrons. The molecule has 0 heterocycles. The van der Waals surface area contributed by atoms with Gasteiger partial charge in [-0.05, 0) is 12.8 Å². The van der Waals surface area contributed by atoms with Crippen LogP contribution in [0.25, 0.3) is 0 Å². The van der Waals surface area contributed by atoms with Crippen molar-refractivity contribution in [3.8, 4) is 0 Å². The maximum Gasteiger partial charge on any atom is 0.00619 e. The zero-order chi connectivity index (χ0) is 6.74. The largest absolute Gasteiger partial charge is 0.0746 e. The molecule has 0 atom stereocenters. The van der Waals surface area contributed by atoms with Gasteiger partial charge in [0.05, 0.1) is 0 Å². The molecule has 0 amide bonds. The summed E-state index contributed by atoms with van der Waals surface area (Å²) in [6.07, 6.45) is 11.4. The monoisotopic (exact) mass is 122 g/mol. The predicted molar refractivity (Wildman–Crippen MR) is 41.3 cm³/mol. The lowest BCUT2D eigenvalue weighted by Gasteiger charge is -2.20. The molecule has 1 aliphatic carbocycles. The van der Waals surface area contributed by atoms with E-state index in [2.05, 4.69) is 38.2 Å². The molecule has 0 aromatic rings. The van der Waals surface area contributed by atoms with Gasteiger partial charge in [-0.2, -0.15) is 0 Å². The van der Waals surface area contributed by atoms with Gasteiger partial charge >= 0.3 is 0 Å². The molecule has 0 spiro atoms. The van der Waals surface area contributed by atoms with Crippen LogP contribution in [-0.2, 0) is 0 Å². The first-order valence-electron chi connectivity index (χ1n) is 3.70. The van der Waals surface area contributed by atoms with E-state index in [0.29, 0.717) is 5.41 Å². The van der Waals surface area contributed by atoms with Gasteiger partial charge in [0.25, 0.3) is 0 Å². The summed E-state index contributed by atoms with van der Waals surface area (Å²) in [6.45, 7) is 4.48. The van der Waals surface area contributed by atoms with Crippen molar-refractivity contribution < 1.29 is 0 Å². The zero-order valence-corrected chi connectivity index (χ0v) is 6.22. The zero-order valence-electron chi connectivity index (χ0n) is 6.22. The molecule has 9 heavy (non-hydrogen) atoms. The smallest absolute Gasteiger partial charge is 0.00619 e. The fourth-order valence-electron chi connectivity index (χ4n) is 1.27. The molecule has 50 valence electrons. The summed E-state index contributed by atoms with van der Waals surface area (Å²) in [5.41, 5.74) is 0.417. The number of hydrogen-bond acceptors (Lipinski definition) is 0. The van der Waals surface area contributed by atoms with Crippen LogP contribution in [-0.4, -0.2) is 0 Å². The van der Waals surface area contributed by atoms with Crippen LogP contribution in [0.5, 0.6) is 0 Å². The minimum absolute atomic E-state index is 0.417. The van der Waals surface area contributed by atoms with Crippen LogP contribution < -0.4 is 0 Å². The van der Waals surface area contributed by atoms with Gasteiger partial charge in [-0.25, -0.2) is 0 Å². The van der Waals surface area contributed by atoms with Gasteiger partial charge in [0.15, 0.2) is 0 Å². The van der Waals surface area contributed by atoms with Crippen molar-refractivity contribution >= 4 is 0 Å². The van der Waals surface area contributed by atoms with Crippen molar-refractivity contribution in [3.63, 3.8) is 0 Å². The van der Waals surface area contributed by atoms with Crippen molar-refractivity contribution in [2.75, 3.05) is 0 Å². The average molecular weight is 122 g/mol. The van der Waals surface area contributed by atoms with Gasteiger partial charge in [0.2, 0.25) is 0 Å². The highest BCUT2D eigenvalue weighted by atomic mass is 14.2. The molecular formula is C9H14. The highest BCUT2D eigenvalue weighted by Gasteiger charge is 2.20. The van der Waals surface area contributed by atoms with E-state index in [1.807, 2.05) is 0 Å². The normalized spacial score (nSPS) is 21.1. The van der Waals surface area contributed by atoms with E-state index < -0.39 is 0 Å². The number of hydrogen-bond donors (Lipinski definition) is 0. The van der Waals surface area contributed by atoms with E-state index in [0.717, 1.165) is 0 Å². The van der Waals surface area contributed by atoms with Crippen LogP contribution in [0.4, 0.5) is 0 Å². The molecule has 0 bridgehead atoms. The van der Waals surface area contributed by atoms with Crippen LogP contribution >= 0.6 is 0 Å². The molecule has 0 N–H and O–H groups in total. The maximum absolute atomic E-state index is 2.30. The van der Waals surface area contributed by atoms with Crippen LogP contribution in [0, 0.1) is 5.41 Å². The first kappa shape index (κ1) is 6.60. The first-order valence-corrected chi connectivity index (χ1v) is 3.70. The molecule has 0 saturated carbocycles. The summed E-state index contributed by atoms with van der Waals surface area (Å²) in [5.74, 6) is 0. The fourth-order valence-corrected chi connectivity index (χ4v) is 1.27. The second-order valence-electron chi connectivity index (χ2n) is 2.66. The summed E-state index contributed by atoms with van der Waals surface area (Å²) >= 11 is 0. The molecular weight excluding hydrogens is 108 g/mol. The molecule has 0 fully saturated rings.